The van der Waals surface area contributed by atoms with Crippen molar-refractivity contribution in [1.29, 1.82) is 0 Å². The lowest BCUT2D eigenvalue weighted by atomic mass is 9.76. The third-order valence-corrected chi connectivity index (χ3v) is 7.41. The summed E-state index contributed by atoms with van der Waals surface area (Å²) in [4.78, 5) is 0. The van der Waals surface area contributed by atoms with Gasteiger partial charge in [-0.2, -0.15) is 0 Å². The first-order valence-electron chi connectivity index (χ1n) is 13.4. The first-order chi connectivity index (χ1) is 15.8. The van der Waals surface area contributed by atoms with E-state index in [2.05, 4.69) is 78.8 Å². The molecule has 1 aliphatic carbocycles. The molecule has 32 heavy (non-hydrogen) atoms. The van der Waals surface area contributed by atoms with E-state index in [0.717, 1.165) is 16.5 Å². The summed E-state index contributed by atoms with van der Waals surface area (Å²) in [6.07, 6.45) is 6.68. The molecule has 0 spiro atoms. The molecule has 0 amide bonds. The van der Waals surface area contributed by atoms with Crippen LogP contribution in [0.3, 0.4) is 0 Å². The van der Waals surface area contributed by atoms with E-state index < -0.39 is 0 Å². The monoisotopic (exact) mass is 430 g/mol. The maximum Gasteiger partial charge on any atom is 0.220 e. The average molecular weight is 431 g/mol. The Kier molecular flexibility index (Phi) is 5.32. The van der Waals surface area contributed by atoms with E-state index in [9.17, 15) is 0 Å². The summed E-state index contributed by atoms with van der Waals surface area (Å²) in [5.41, 5.74) is 7.55. The van der Waals surface area contributed by atoms with Gasteiger partial charge in [0.05, 0.1) is 12.3 Å². The van der Waals surface area contributed by atoms with E-state index in [-0.39, 0.29) is 17.0 Å². The zero-order valence-corrected chi connectivity index (χ0v) is 21.4. The SMILES string of the molecule is [2H]c1c([2H])[n+](C)c(-c2cc(C(C)(C)C)cc(C(C)(C)C)c2C)c2ccc(C3CCCCC3)cc12. The van der Waals surface area contributed by atoms with Crippen molar-refractivity contribution < 1.29 is 7.31 Å². The predicted octanol–water partition coefficient (Wildman–Crippen LogP) is 8.28. The number of pyridine rings is 1. The first-order valence-corrected chi connectivity index (χ1v) is 12.4. The Labute approximate surface area is 198 Å². The molecule has 4 rings (SSSR count). The summed E-state index contributed by atoms with van der Waals surface area (Å²) in [6, 6.07) is 11.8. The van der Waals surface area contributed by atoms with Gasteiger partial charge >= 0.3 is 0 Å². The molecule has 0 saturated heterocycles. The molecule has 170 valence electrons. The average Bonchev–Trinajstić information content (AvgIpc) is 2.77. The number of hydrogen-bond donors (Lipinski definition) is 0. The highest BCUT2D eigenvalue weighted by Crippen LogP contribution is 2.39. The summed E-state index contributed by atoms with van der Waals surface area (Å²) >= 11 is 0. The minimum absolute atomic E-state index is 0.0157. The molecular formula is C31H42N+. The second-order valence-electron chi connectivity index (χ2n) is 12.0. The number of hydrogen-bond acceptors (Lipinski definition) is 0. The molecule has 0 atom stereocenters. The lowest BCUT2D eigenvalue weighted by Gasteiger charge is -2.28. The Morgan fingerprint density at radius 3 is 2.22 bits per heavy atom. The number of fused-ring (bicyclic) bond motifs is 1. The third kappa shape index (κ3) is 4.36. The molecule has 1 aromatic heterocycles. The van der Waals surface area contributed by atoms with Crippen molar-refractivity contribution in [2.45, 2.75) is 97.3 Å². The zero-order valence-electron chi connectivity index (χ0n) is 23.4. The molecule has 0 unspecified atom stereocenters. The number of nitrogens with zero attached hydrogens (tertiary/aromatic N) is 1. The lowest BCUT2D eigenvalue weighted by Crippen LogP contribution is -2.31. The van der Waals surface area contributed by atoms with Crippen molar-refractivity contribution in [1.82, 2.24) is 0 Å². The molecule has 0 aliphatic heterocycles. The van der Waals surface area contributed by atoms with Gasteiger partial charge in [0.15, 0.2) is 6.17 Å². The van der Waals surface area contributed by atoms with Gasteiger partial charge in [0, 0.05) is 6.04 Å². The van der Waals surface area contributed by atoms with Gasteiger partial charge in [-0.15, -0.1) is 0 Å². The fourth-order valence-electron chi connectivity index (χ4n) is 5.44. The first kappa shape index (κ1) is 20.5. The van der Waals surface area contributed by atoms with Crippen LogP contribution in [0.15, 0.2) is 42.5 Å². The van der Waals surface area contributed by atoms with Gasteiger partial charge in [-0.25, -0.2) is 4.57 Å². The molecular weight excluding hydrogens is 386 g/mol. The maximum absolute atomic E-state index is 8.83. The zero-order chi connectivity index (χ0) is 25.0. The second-order valence-corrected chi connectivity index (χ2v) is 12.0. The quantitative estimate of drug-likeness (QED) is 0.360. The molecule has 1 fully saturated rings. The smallest absolute Gasteiger partial charge is 0.200 e. The molecule has 1 heterocycles. The Bertz CT molecular complexity index is 1240. The number of rotatable bonds is 2. The van der Waals surface area contributed by atoms with Gasteiger partial charge in [0.2, 0.25) is 5.69 Å². The maximum atomic E-state index is 8.83. The molecule has 1 aliphatic rings. The second kappa shape index (κ2) is 8.32. The molecule has 3 aromatic rings. The van der Waals surface area contributed by atoms with E-state index >= 15 is 0 Å². The Balaban J connectivity index is 2.04. The van der Waals surface area contributed by atoms with E-state index in [0.29, 0.717) is 12.0 Å². The summed E-state index contributed by atoms with van der Waals surface area (Å²) in [5.74, 6) is 0.586. The molecule has 0 N–H and O–H groups in total. The van der Waals surface area contributed by atoms with E-state index in [4.69, 9.17) is 2.74 Å². The minimum Gasteiger partial charge on any atom is -0.200 e. The molecule has 1 heteroatoms. The molecule has 0 radical (unpaired) electrons. The molecule has 1 saturated carbocycles. The summed E-state index contributed by atoms with van der Waals surface area (Å²) < 4.78 is 19.6. The van der Waals surface area contributed by atoms with Crippen molar-refractivity contribution >= 4 is 10.8 Å². The normalized spacial score (nSPS) is 16.9. The largest absolute Gasteiger partial charge is 0.220 e. The van der Waals surface area contributed by atoms with Gasteiger partial charge in [0.1, 0.15) is 8.42 Å². The molecule has 0 bridgehead atoms. The van der Waals surface area contributed by atoms with Crippen molar-refractivity contribution in [3.8, 4) is 11.3 Å². The molecule has 2 aromatic carbocycles. The van der Waals surface area contributed by atoms with Crippen molar-refractivity contribution in [2.75, 3.05) is 0 Å². The fourth-order valence-corrected chi connectivity index (χ4v) is 5.44. The van der Waals surface area contributed by atoms with Crippen LogP contribution in [0.4, 0.5) is 0 Å². The van der Waals surface area contributed by atoms with E-state index in [1.165, 1.54) is 59.9 Å². The van der Waals surface area contributed by atoms with Gasteiger partial charge in [-0.05, 0) is 76.3 Å². The highest BCUT2D eigenvalue weighted by Gasteiger charge is 2.27. The fraction of sp³-hybridized carbons (Fsp3) is 0.516. The standard InChI is InChI=1S/C31H42N/c1-21-27(19-25(30(2,3)4)20-28(21)31(5,6)7)29-26-15-14-23(22-12-10-9-11-13-22)18-24(26)16-17-32(29)8/h14-20,22H,9-13H2,1-8H3/q+1/i16D,17D. The number of aromatic nitrogens is 1. The van der Waals surface area contributed by atoms with E-state index in [1.54, 1.807) is 0 Å². The Morgan fingerprint density at radius 1 is 0.906 bits per heavy atom. The van der Waals surface area contributed by atoms with Crippen LogP contribution in [-0.4, -0.2) is 0 Å². The third-order valence-electron chi connectivity index (χ3n) is 7.41. The van der Waals surface area contributed by atoms with Crippen LogP contribution in [0.25, 0.3) is 22.0 Å². The summed E-state index contributed by atoms with van der Waals surface area (Å²) in [7, 11) is 1.95. The van der Waals surface area contributed by atoms with Crippen LogP contribution in [0.5, 0.6) is 0 Å². The van der Waals surface area contributed by atoms with Gasteiger partial charge < -0.3 is 0 Å². The van der Waals surface area contributed by atoms with Crippen molar-refractivity contribution in [3.05, 3.63) is 64.8 Å². The minimum atomic E-state index is 0.0157. The lowest BCUT2D eigenvalue weighted by molar-refractivity contribution is -0.659. The van der Waals surface area contributed by atoms with Gasteiger partial charge in [-0.1, -0.05) is 79.0 Å². The molecule has 1 nitrogen and oxygen atoms in total. The number of benzene rings is 2. The van der Waals surface area contributed by atoms with Crippen LogP contribution < -0.4 is 4.57 Å². The van der Waals surface area contributed by atoms with E-state index in [1.807, 2.05) is 11.6 Å². The predicted molar refractivity (Wildman–Crippen MR) is 139 cm³/mol. The van der Waals surface area contributed by atoms with Crippen molar-refractivity contribution in [3.63, 3.8) is 0 Å². The summed E-state index contributed by atoms with van der Waals surface area (Å²) in [6.45, 7) is 15.9. The summed E-state index contributed by atoms with van der Waals surface area (Å²) in [5, 5.41) is 2.00. The van der Waals surface area contributed by atoms with Gasteiger partial charge in [-0.3, -0.25) is 0 Å². The van der Waals surface area contributed by atoms with Crippen molar-refractivity contribution in [2.24, 2.45) is 7.05 Å². The van der Waals surface area contributed by atoms with Crippen LogP contribution >= 0.6 is 0 Å². The van der Waals surface area contributed by atoms with Crippen LogP contribution in [-0.2, 0) is 17.9 Å². The highest BCUT2D eigenvalue weighted by molar-refractivity contribution is 5.94. The highest BCUT2D eigenvalue weighted by atomic mass is 14.9. The van der Waals surface area contributed by atoms with Crippen LogP contribution in [0, 0.1) is 6.92 Å². The Morgan fingerprint density at radius 2 is 1.59 bits per heavy atom. The Hall–Kier alpha value is -2.15. The van der Waals surface area contributed by atoms with Crippen LogP contribution in [0.2, 0.25) is 0 Å². The van der Waals surface area contributed by atoms with Crippen LogP contribution in [0.1, 0.15) is 105 Å². The topological polar surface area (TPSA) is 3.88 Å². The van der Waals surface area contributed by atoms with Gasteiger partial charge in [0.25, 0.3) is 0 Å².